The van der Waals surface area contributed by atoms with Crippen LogP contribution in [0.3, 0.4) is 0 Å². The number of amides is 1. The van der Waals surface area contributed by atoms with E-state index in [0.717, 1.165) is 31.7 Å². The quantitative estimate of drug-likeness (QED) is 0.770. The number of ether oxygens (including phenoxy) is 3. The summed E-state index contributed by atoms with van der Waals surface area (Å²) in [6, 6.07) is 3.63. The van der Waals surface area contributed by atoms with Gasteiger partial charge in [0.15, 0.2) is 11.5 Å². The summed E-state index contributed by atoms with van der Waals surface area (Å²) in [5.74, 6) is 1.70. The number of carbonyl (C=O) groups is 1. The minimum atomic E-state index is 0.0202. The second-order valence-electron chi connectivity index (χ2n) is 5.42. The highest BCUT2D eigenvalue weighted by Crippen LogP contribution is 2.38. The summed E-state index contributed by atoms with van der Waals surface area (Å²) in [7, 11) is 6.76. The Morgan fingerprint density at radius 3 is 2.04 bits per heavy atom. The van der Waals surface area contributed by atoms with Crippen LogP contribution < -0.4 is 14.2 Å². The molecule has 126 valence electrons. The van der Waals surface area contributed by atoms with Gasteiger partial charge in [0.25, 0.3) is 0 Å². The predicted octanol–water partition coefficient (Wildman–Crippen LogP) is 1.50. The van der Waals surface area contributed by atoms with Gasteiger partial charge in [0.05, 0.1) is 21.3 Å². The van der Waals surface area contributed by atoms with Crippen molar-refractivity contribution < 1.29 is 19.0 Å². The third-order valence-electron chi connectivity index (χ3n) is 3.92. The standard InChI is InChI=1S/C17H24N2O4/c1-18-7-9-19(10-8-18)16(20)6-5-13-11-14(21-2)17(23-4)15(12-13)22-3/h5-6,11-12H,7-10H2,1-4H3. The number of benzene rings is 1. The zero-order valence-corrected chi connectivity index (χ0v) is 14.2. The molecule has 0 N–H and O–H groups in total. The van der Waals surface area contributed by atoms with Crippen LogP contribution in [0.15, 0.2) is 18.2 Å². The zero-order chi connectivity index (χ0) is 16.8. The molecule has 0 saturated carbocycles. The van der Waals surface area contributed by atoms with Gasteiger partial charge in [-0.05, 0) is 30.8 Å². The van der Waals surface area contributed by atoms with E-state index in [4.69, 9.17) is 14.2 Å². The molecule has 0 aromatic heterocycles. The van der Waals surface area contributed by atoms with Gasteiger partial charge < -0.3 is 24.0 Å². The van der Waals surface area contributed by atoms with Gasteiger partial charge in [0, 0.05) is 32.3 Å². The molecule has 1 amide bonds. The van der Waals surface area contributed by atoms with Crippen molar-refractivity contribution in [1.29, 1.82) is 0 Å². The van der Waals surface area contributed by atoms with Gasteiger partial charge in [0.2, 0.25) is 11.7 Å². The fourth-order valence-corrected chi connectivity index (χ4v) is 2.50. The van der Waals surface area contributed by atoms with Crippen LogP contribution >= 0.6 is 0 Å². The summed E-state index contributed by atoms with van der Waals surface area (Å²) in [4.78, 5) is 16.3. The fourth-order valence-electron chi connectivity index (χ4n) is 2.50. The van der Waals surface area contributed by atoms with Crippen molar-refractivity contribution in [3.05, 3.63) is 23.8 Å². The Morgan fingerprint density at radius 2 is 1.57 bits per heavy atom. The SMILES string of the molecule is COc1cc(C=CC(=O)N2CCN(C)CC2)cc(OC)c1OC. The summed E-state index contributed by atoms with van der Waals surface area (Å²) in [5.41, 5.74) is 0.821. The molecule has 0 spiro atoms. The Bertz CT molecular complexity index is 553. The van der Waals surface area contributed by atoms with Crippen molar-refractivity contribution in [2.24, 2.45) is 0 Å². The molecule has 1 aliphatic rings. The first-order chi connectivity index (χ1) is 11.1. The maximum Gasteiger partial charge on any atom is 0.246 e. The van der Waals surface area contributed by atoms with Gasteiger partial charge in [-0.3, -0.25) is 4.79 Å². The van der Waals surface area contributed by atoms with E-state index < -0.39 is 0 Å². The van der Waals surface area contributed by atoms with Crippen LogP contribution in [0.5, 0.6) is 17.2 Å². The molecule has 6 heteroatoms. The van der Waals surface area contributed by atoms with Gasteiger partial charge in [0.1, 0.15) is 0 Å². The first kappa shape index (κ1) is 17.1. The number of hydrogen-bond donors (Lipinski definition) is 0. The molecule has 0 unspecified atom stereocenters. The fraction of sp³-hybridized carbons (Fsp3) is 0.471. The van der Waals surface area contributed by atoms with Crippen LogP contribution in [0.25, 0.3) is 6.08 Å². The van der Waals surface area contributed by atoms with Gasteiger partial charge >= 0.3 is 0 Å². The van der Waals surface area contributed by atoms with Gasteiger partial charge in [-0.25, -0.2) is 0 Å². The lowest BCUT2D eigenvalue weighted by Gasteiger charge is -2.31. The third-order valence-corrected chi connectivity index (χ3v) is 3.92. The Morgan fingerprint density at radius 1 is 1.00 bits per heavy atom. The molecule has 1 fully saturated rings. The third kappa shape index (κ3) is 4.16. The zero-order valence-electron chi connectivity index (χ0n) is 14.2. The summed E-state index contributed by atoms with van der Waals surface area (Å²) in [6.45, 7) is 3.33. The van der Waals surface area contributed by atoms with E-state index in [0.29, 0.717) is 17.2 Å². The summed E-state index contributed by atoms with van der Waals surface area (Å²) < 4.78 is 15.9. The lowest BCUT2D eigenvalue weighted by Crippen LogP contribution is -2.46. The average molecular weight is 320 g/mol. The average Bonchev–Trinajstić information content (AvgIpc) is 2.59. The number of hydrogen-bond acceptors (Lipinski definition) is 5. The maximum atomic E-state index is 12.2. The Hall–Kier alpha value is -2.21. The van der Waals surface area contributed by atoms with Crippen molar-refractivity contribution in [3.8, 4) is 17.2 Å². The minimum absolute atomic E-state index is 0.0202. The number of nitrogens with zero attached hydrogens (tertiary/aromatic N) is 2. The molecular weight excluding hydrogens is 296 g/mol. The first-order valence-corrected chi connectivity index (χ1v) is 7.54. The topological polar surface area (TPSA) is 51.2 Å². The minimum Gasteiger partial charge on any atom is -0.493 e. The first-order valence-electron chi connectivity index (χ1n) is 7.54. The van der Waals surface area contributed by atoms with Crippen molar-refractivity contribution in [2.45, 2.75) is 0 Å². The van der Waals surface area contributed by atoms with Gasteiger partial charge in [-0.15, -0.1) is 0 Å². The normalized spacial score (nSPS) is 15.7. The maximum absolute atomic E-state index is 12.2. The summed E-state index contributed by atoms with van der Waals surface area (Å²) in [6.07, 6.45) is 3.36. The molecular formula is C17H24N2O4. The van der Waals surface area contributed by atoms with Crippen LogP contribution in [0.4, 0.5) is 0 Å². The number of likely N-dealkylation sites (N-methyl/N-ethyl adjacent to an activating group) is 1. The molecule has 0 bridgehead atoms. The van der Waals surface area contributed by atoms with Gasteiger partial charge in [-0.1, -0.05) is 0 Å². The Kier molecular flexibility index (Phi) is 5.87. The smallest absolute Gasteiger partial charge is 0.246 e. The van der Waals surface area contributed by atoms with Crippen molar-refractivity contribution in [2.75, 3.05) is 54.6 Å². The van der Waals surface area contributed by atoms with E-state index in [-0.39, 0.29) is 5.91 Å². The van der Waals surface area contributed by atoms with Crippen molar-refractivity contribution >= 4 is 12.0 Å². The lowest BCUT2D eigenvalue weighted by atomic mass is 10.1. The lowest BCUT2D eigenvalue weighted by molar-refractivity contribution is -0.127. The van der Waals surface area contributed by atoms with E-state index in [1.165, 1.54) is 0 Å². The summed E-state index contributed by atoms with van der Waals surface area (Å²) >= 11 is 0. The second kappa shape index (κ2) is 7.87. The molecule has 0 aliphatic carbocycles. The predicted molar refractivity (Wildman–Crippen MR) is 89.2 cm³/mol. The molecule has 1 aromatic carbocycles. The summed E-state index contributed by atoms with van der Waals surface area (Å²) in [5, 5.41) is 0. The molecule has 0 radical (unpaired) electrons. The molecule has 1 saturated heterocycles. The van der Waals surface area contributed by atoms with Crippen LogP contribution in [0, 0.1) is 0 Å². The van der Waals surface area contributed by atoms with Crippen LogP contribution in [0.2, 0.25) is 0 Å². The van der Waals surface area contributed by atoms with Crippen molar-refractivity contribution in [3.63, 3.8) is 0 Å². The van der Waals surface area contributed by atoms with Crippen molar-refractivity contribution in [1.82, 2.24) is 9.80 Å². The number of methoxy groups -OCH3 is 3. The van der Waals surface area contributed by atoms with E-state index in [9.17, 15) is 4.79 Å². The monoisotopic (exact) mass is 320 g/mol. The second-order valence-corrected chi connectivity index (χ2v) is 5.42. The Labute approximate surface area is 137 Å². The van der Waals surface area contributed by atoms with E-state index in [2.05, 4.69) is 11.9 Å². The highest BCUT2D eigenvalue weighted by molar-refractivity contribution is 5.92. The van der Waals surface area contributed by atoms with Crippen LogP contribution in [0.1, 0.15) is 5.56 Å². The van der Waals surface area contributed by atoms with E-state index in [1.807, 2.05) is 17.0 Å². The molecule has 1 heterocycles. The molecule has 1 aromatic rings. The van der Waals surface area contributed by atoms with Crippen LogP contribution in [-0.2, 0) is 4.79 Å². The van der Waals surface area contributed by atoms with E-state index in [1.54, 1.807) is 33.5 Å². The van der Waals surface area contributed by atoms with Crippen LogP contribution in [-0.4, -0.2) is 70.3 Å². The van der Waals surface area contributed by atoms with Gasteiger partial charge in [-0.2, -0.15) is 0 Å². The molecule has 6 nitrogen and oxygen atoms in total. The Balaban J connectivity index is 2.14. The molecule has 23 heavy (non-hydrogen) atoms. The number of rotatable bonds is 5. The molecule has 1 aliphatic heterocycles. The number of piperazine rings is 1. The highest BCUT2D eigenvalue weighted by atomic mass is 16.5. The van der Waals surface area contributed by atoms with E-state index >= 15 is 0 Å². The number of carbonyl (C=O) groups excluding carboxylic acids is 1. The highest BCUT2D eigenvalue weighted by Gasteiger charge is 2.17. The largest absolute Gasteiger partial charge is 0.493 e. The molecule has 0 atom stereocenters. The molecule has 2 rings (SSSR count).